The summed E-state index contributed by atoms with van der Waals surface area (Å²) in [5, 5.41) is 14.2. The molecule has 5 heteroatoms. The van der Waals surface area contributed by atoms with Gasteiger partial charge in [0.25, 0.3) is 0 Å². The standard InChI is InChI=1S/C16H18N2O3/c1-11-5-7-15(13(8-11)10-17-3)21-16-9-12(2)4-6-14(16)18(19)20/h4-9,17H,10H2,1-3H3. The average Bonchev–Trinajstić information content (AvgIpc) is 2.42. The Bertz CT molecular complexity index is 669. The Morgan fingerprint density at radius 1 is 1.10 bits per heavy atom. The van der Waals surface area contributed by atoms with E-state index in [1.54, 1.807) is 12.1 Å². The molecule has 0 aliphatic carbocycles. The van der Waals surface area contributed by atoms with Crippen LogP contribution in [-0.2, 0) is 6.54 Å². The molecule has 0 aromatic heterocycles. The van der Waals surface area contributed by atoms with Crippen molar-refractivity contribution in [1.29, 1.82) is 0 Å². The minimum atomic E-state index is -0.430. The molecule has 1 N–H and O–H groups in total. The SMILES string of the molecule is CNCc1cc(C)ccc1Oc1cc(C)ccc1[N+](=O)[O-]. The van der Waals surface area contributed by atoms with Gasteiger partial charge in [-0.25, -0.2) is 0 Å². The summed E-state index contributed by atoms with van der Waals surface area (Å²) < 4.78 is 5.81. The van der Waals surface area contributed by atoms with Crippen molar-refractivity contribution in [2.75, 3.05) is 7.05 Å². The van der Waals surface area contributed by atoms with E-state index in [9.17, 15) is 10.1 Å². The summed E-state index contributed by atoms with van der Waals surface area (Å²) >= 11 is 0. The van der Waals surface area contributed by atoms with Gasteiger partial charge >= 0.3 is 5.69 Å². The van der Waals surface area contributed by atoms with E-state index >= 15 is 0 Å². The Labute approximate surface area is 123 Å². The molecule has 0 saturated heterocycles. The number of rotatable bonds is 5. The van der Waals surface area contributed by atoms with E-state index in [1.807, 2.05) is 39.1 Å². The van der Waals surface area contributed by atoms with Crippen LogP contribution in [0.2, 0.25) is 0 Å². The van der Waals surface area contributed by atoms with Gasteiger partial charge in [0.15, 0.2) is 0 Å². The van der Waals surface area contributed by atoms with E-state index in [1.165, 1.54) is 6.07 Å². The number of nitrogens with one attached hydrogen (secondary N) is 1. The molecule has 0 fully saturated rings. The third-order valence-corrected chi connectivity index (χ3v) is 3.12. The molecule has 0 amide bonds. The monoisotopic (exact) mass is 286 g/mol. The summed E-state index contributed by atoms with van der Waals surface area (Å²) in [5.74, 6) is 0.893. The van der Waals surface area contributed by atoms with Crippen LogP contribution in [0.15, 0.2) is 36.4 Å². The van der Waals surface area contributed by atoms with Crippen molar-refractivity contribution in [2.45, 2.75) is 20.4 Å². The molecule has 0 aliphatic heterocycles. The predicted molar refractivity (Wildman–Crippen MR) is 81.9 cm³/mol. The first kappa shape index (κ1) is 15.0. The van der Waals surface area contributed by atoms with Gasteiger partial charge in [0.2, 0.25) is 5.75 Å². The normalized spacial score (nSPS) is 10.4. The van der Waals surface area contributed by atoms with Crippen molar-refractivity contribution in [3.8, 4) is 11.5 Å². The molecule has 0 aliphatic rings. The van der Waals surface area contributed by atoms with Crippen LogP contribution in [0.25, 0.3) is 0 Å². The maximum Gasteiger partial charge on any atom is 0.311 e. The lowest BCUT2D eigenvalue weighted by Gasteiger charge is -2.12. The lowest BCUT2D eigenvalue weighted by atomic mass is 10.1. The highest BCUT2D eigenvalue weighted by atomic mass is 16.6. The number of aryl methyl sites for hydroxylation is 2. The van der Waals surface area contributed by atoms with E-state index in [4.69, 9.17) is 4.74 Å². The van der Waals surface area contributed by atoms with Gasteiger partial charge in [0, 0.05) is 18.2 Å². The first-order chi connectivity index (χ1) is 10.0. The van der Waals surface area contributed by atoms with Gasteiger partial charge < -0.3 is 10.1 Å². The first-order valence-corrected chi connectivity index (χ1v) is 6.68. The molecule has 2 aromatic rings. The third kappa shape index (κ3) is 3.58. The molecule has 2 rings (SSSR count). The Balaban J connectivity index is 2.42. The zero-order chi connectivity index (χ0) is 15.4. The van der Waals surface area contributed by atoms with Gasteiger partial charge in [-0.05, 0) is 38.6 Å². The number of nitro benzene ring substituents is 1. The van der Waals surface area contributed by atoms with E-state index < -0.39 is 4.92 Å². The molecule has 0 unspecified atom stereocenters. The van der Waals surface area contributed by atoms with Gasteiger partial charge in [0.1, 0.15) is 5.75 Å². The molecule has 0 radical (unpaired) electrons. The summed E-state index contributed by atoms with van der Waals surface area (Å²) in [4.78, 5) is 10.7. The van der Waals surface area contributed by atoms with Gasteiger partial charge in [-0.1, -0.05) is 23.8 Å². The molecule has 0 heterocycles. The maximum atomic E-state index is 11.1. The predicted octanol–water partition coefficient (Wildman–Crippen LogP) is 3.72. The Morgan fingerprint density at radius 3 is 2.43 bits per heavy atom. The van der Waals surface area contributed by atoms with Gasteiger partial charge in [-0.3, -0.25) is 10.1 Å². The number of hydrogen-bond donors (Lipinski definition) is 1. The first-order valence-electron chi connectivity index (χ1n) is 6.68. The highest BCUT2D eigenvalue weighted by Gasteiger charge is 2.17. The molecule has 21 heavy (non-hydrogen) atoms. The van der Waals surface area contributed by atoms with Crippen molar-refractivity contribution >= 4 is 5.69 Å². The smallest absolute Gasteiger partial charge is 0.311 e. The summed E-state index contributed by atoms with van der Waals surface area (Å²) in [6.07, 6.45) is 0. The number of ether oxygens (including phenoxy) is 1. The summed E-state index contributed by atoms with van der Waals surface area (Å²) in [6.45, 7) is 4.51. The molecular formula is C16H18N2O3. The lowest BCUT2D eigenvalue weighted by Crippen LogP contribution is -2.07. The van der Waals surface area contributed by atoms with Crippen LogP contribution in [0.4, 0.5) is 5.69 Å². The Hall–Kier alpha value is -2.40. The van der Waals surface area contributed by atoms with E-state index in [0.717, 1.165) is 16.7 Å². The van der Waals surface area contributed by atoms with E-state index in [0.29, 0.717) is 12.3 Å². The molecule has 5 nitrogen and oxygen atoms in total. The number of nitrogens with zero attached hydrogens (tertiary/aromatic N) is 1. The van der Waals surface area contributed by atoms with Crippen LogP contribution in [0, 0.1) is 24.0 Å². The highest BCUT2D eigenvalue weighted by Crippen LogP contribution is 2.34. The molecule has 0 saturated carbocycles. The van der Waals surface area contributed by atoms with E-state index in [-0.39, 0.29) is 11.4 Å². The second-order valence-corrected chi connectivity index (χ2v) is 4.97. The Morgan fingerprint density at radius 2 is 1.76 bits per heavy atom. The lowest BCUT2D eigenvalue weighted by molar-refractivity contribution is -0.385. The fourth-order valence-corrected chi connectivity index (χ4v) is 2.11. The maximum absolute atomic E-state index is 11.1. The number of hydrogen-bond acceptors (Lipinski definition) is 4. The van der Waals surface area contributed by atoms with Crippen LogP contribution in [0.1, 0.15) is 16.7 Å². The zero-order valence-electron chi connectivity index (χ0n) is 12.3. The van der Waals surface area contributed by atoms with Crippen LogP contribution < -0.4 is 10.1 Å². The third-order valence-electron chi connectivity index (χ3n) is 3.12. The summed E-state index contributed by atoms with van der Waals surface area (Å²) in [7, 11) is 1.85. The second-order valence-electron chi connectivity index (χ2n) is 4.97. The quantitative estimate of drug-likeness (QED) is 0.672. The van der Waals surface area contributed by atoms with Crippen molar-refractivity contribution in [1.82, 2.24) is 5.32 Å². The van der Waals surface area contributed by atoms with Crippen molar-refractivity contribution in [3.63, 3.8) is 0 Å². The molecule has 0 spiro atoms. The second kappa shape index (κ2) is 6.37. The number of benzene rings is 2. The van der Waals surface area contributed by atoms with E-state index in [2.05, 4.69) is 5.32 Å². The van der Waals surface area contributed by atoms with Gasteiger partial charge in [-0.2, -0.15) is 0 Å². The summed E-state index contributed by atoms with van der Waals surface area (Å²) in [5.41, 5.74) is 2.97. The van der Waals surface area contributed by atoms with Gasteiger partial charge in [-0.15, -0.1) is 0 Å². The van der Waals surface area contributed by atoms with Crippen molar-refractivity contribution in [3.05, 3.63) is 63.2 Å². The highest BCUT2D eigenvalue weighted by molar-refractivity contribution is 5.51. The Kier molecular flexibility index (Phi) is 4.55. The average molecular weight is 286 g/mol. The fourth-order valence-electron chi connectivity index (χ4n) is 2.11. The number of nitro groups is 1. The molecule has 0 bridgehead atoms. The topological polar surface area (TPSA) is 64.4 Å². The minimum absolute atomic E-state index is 0.0309. The van der Waals surface area contributed by atoms with Crippen LogP contribution in [-0.4, -0.2) is 12.0 Å². The summed E-state index contributed by atoms with van der Waals surface area (Å²) in [6, 6.07) is 10.6. The van der Waals surface area contributed by atoms with Crippen LogP contribution in [0.5, 0.6) is 11.5 Å². The van der Waals surface area contributed by atoms with Crippen molar-refractivity contribution < 1.29 is 9.66 Å². The fraction of sp³-hybridized carbons (Fsp3) is 0.250. The minimum Gasteiger partial charge on any atom is -0.450 e. The molecular weight excluding hydrogens is 268 g/mol. The van der Waals surface area contributed by atoms with Crippen LogP contribution >= 0.6 is 0 Å². The van der Waals surface area contributed by atoms with Crippen LogP contribution in [0.3, 0.4) is 0 Å². The largest absolute Gasteiger partial charge is 0.450 e. The van der Waals surface area contributed by atoms with Gasteiger partial charge in [0.05, 0.1) is 4.92 Å². The van der Waals surface area contributed by atoms with Crippen molar-refractivity contribution in [2.24, 2.45) is 0 Å². The zero-order valence-corrected chi connectivity index (χ0v) is 12.3. The molecule has 0 atom stereocenters. The molecule has 110 valence electrons. The molecule has 2 aromatic carbocycles.